The quantitative estimate of drug-likeness (QED) is 0.312. The van der Waals surface area contributed by atoms with Crippen molar-refractivity contribution < 1.29 is 19.1 Å². The third-order valence-electron chi connectivity index (χ3n) is 7.16. The van der Waals surface area contributed by atoms with Gasteiger partial charge in [-0.1, -0.05) is 36.4 Å². The van der Waals surface area contributed by atoms with Crippen molar-refractivity contribution in [3.63, 3.8) is 0 Å². The number of carbonyl (C=O) groups is 2. The van der Waals surface area contributed by atoms with Gasteiger partial charge in [0.25, 0.3) is 0 Å². The summed E-state index contributed by atoms with van der Waals surface area (Å²) in [6.07, 6.45) is 3.78. The lowest BCUT2D eigenvalue weighted by atomic mass is 9.82. The fourth-order valence-corrected chi connectivity index (χ4v) is 5.54. The molecule has 5 rings (SSSR count). The lowest BCUT2D eigenvalue weighted by molar-refractivity contribution is -0.165. The molecule has 3 aliphatic rings. The van der Waals surface area contributed by atoms with Crippen molar-refractivity contribution in [1.82, 2.24) is 0 Å². The number of halogens is 2. The summed E-state index contributed by atoms with van der Waals surface area (Å²) in [5.41, 5.74) is 3.17. The standard InChI is InChI=1S/C29H30Cl2O4/c1-17(32)34-25-23(24(33)26(2,3)35-27(25,4)5)19-8-6-7-18(15-19)21-10-9-20(28(30)11-12-28)16-22(21)29(31)13-14-29/h6-10,15-16H,11-14H2,1-5H3. The van der Waals surface area contributed by atoms with Gasteiger partial charge in [-0.05, 0) is 87.3 Å². The predicted molar refractivity (Wildman–Crippen MR) is 138 cm³/mol. The van der Waals surface area contributed by atoms with E-state index in [1.807, 2.05) is 38.1 Å². The second-order valence-electron chi connectivity index (χ2n) is 11.0. The van der Waals surface area contributed by atoms with Gasteiger partial charge in [0, 0.05) is 6.92 Å². The van der Waals surface area contributed by atoms with Crippen molar-refractivity contribution in [1.29, 1.82) is 0 Å². The Morgan fingerprint density at radius 1 is 0.886 bits per heavy atom. The van der Waals surface area contributed by atoms with Crippen molar-refractivity contribution in [2.75, 3.05) is 0 Å². The summed E-state index contributed by atoms with van der Waals surface area (Å²) in [6, 6.07) is 14.1. The minimum absolute atomic E-state index is 0.227. The van der Waals surface area contributed by atoms with Crippen LogP contribution in [0.15, 0.2) is 48.2 Å². The van der Waals surface area contributed by atoms with E-state index < -0.39 is 17.2 Å². The molecule has 2 aromatic carbocycles. The number of benzene rings is 2. The highest BCUT2D eigenvalue weighted by Crippen LogP contribution is 2.58. The lowest BCUT2D eigenvalue weighted by Gasteiger charge is -2.41. The number of esters is 1. The first-order valence-corrected chi connectivity index (χ1v) is 12.8. The molecule has 0 radical (unpaired) electrons. The highest BCUT2D eigenvalue weighted by atomic mass is 35.5. The Morgan fingerprint density at radius 2 is 1.51 bits per heavy atom. The number of ketones is 1. The number of carbonyl (C=O) groups excluding carboxylic acids is 2. The molecular weight excluding hydrogens is 483 g/mol. The molecule has 0 atom stereocenters. The van der Waals surface area contributed by atoms with Crippen LogP contribution in [0.2, 0.25) is 0 Å². The largest absolute Gasteiger partial charge is 0.427 e. The monoisotopic (exact) mass is 512 g/mol. The minimum Gasteiger partial charge on any atom is -0.427 e. The lowest BCUT2D eigenvalue weighted by Crippen LogP contribution is -2.50. The first-order chi connectivity index (χ1) is 16.3. The molecule has 6 heteroatoms. The normalized spacial score (nSPS) is 23.1. The molecule has 0 aromatic heterocycles. The SMILES string of the molecule is CC(=O)OC1=C(c2cccc(-c3ccc(C4(Cl)CC4)cc3C3(Cl)CC3)c2)C(=O)C(C)(C)OC1(C)C. The van der Waals surface area contributed by atoms with Gasteiger partial charge in [-0.15, -0.1) is 23.2 Å². The second kappa shape index (κ2) is 7.93. The molecule has 0 N–H and O–H groups in total. The van der Waals surface area contributed by atoms with E-state index in [1.165, 1.54) is 6.92 Å². The molecule has 2 aliphatic carbocycles. The molecule has 2 saturated carbocycles. The molecule has 2 fully saturated rings. The van der Waals surface area contributed by atoms with E-state index in [0.717, 1.165) is 47.9 Å². The Hall–Kier alpha value is -2.14. The molecule has 1 aliphatic heterocycles. The van der Waals surface area contributed by atoms with Crippen molar-refractivity contribution in [3.05, 3.63) is 64.9 Å². The van der Waals surface area contributed by atoms with E-state index in [0.29, 0.717) is 11.1 Å². The van der Waals surface area contributed by atoms with Gasteiger partial charge in [0.2, 0.25) is 0 Å². The average molecular weight is 513 g/mol. The molecule has 0 unspecified atom stereocenters. The third kappa shape index (κ3) is 4.34. The molecule has 2 aromatic rings. The second-order valence-corrected chi connectivity index (χ2v) is 12.5. The van der Waals surface area contributed by atoms with Gasteiger partial charge in [0.15, 0.2) is 11.5 Å². The van der Waals surface area contributed by atoms with E-state index in [1.54, 1.807) is 13.8 Å². The first-order valence-electron chi connectivity index (χ1n) is 12.1. The number of Topliss-reactive ketones (excluding diaryl/α,β-unsaturated/α-hetero) is 1. The summed E-state index contributed by atoms with van der Waals surface area (Å²) in [5.74, 6) is -0.492. The van der Waals surface area contributed by atoms with E-state index in [2.05, 4.69) is 18.2 Å². The van der Waals surface area contributed by atoms with Crippen LogP contribution in [0.4, 0.5) is 0 Å². The number of alkyl halides is 2. The summed E-state index contributed by atoms with van der Waals surface area (Å²) < 4.78 is 11.7. The molecule has 4 nitrogen and oxygen atoms in total. The maximum Gasteiger partial charge on any atom is 0.307 e. The number of hydrogen-bond donors (Lipinski definition) is 0. The van der Waals surface area contributed by atoms with Crippen LogP contribution in [-0.4, -0.2) is 23.0 Å². The summed E-state index contributed by atoms with van der Waals surface area (Å²) >= 11 is 13.7. The van der Waals surface area contributed by atoms with Crippen LogP contribution in [0.1, 0.15) is 77.0 Å². The van der Waals surface area contributed by atoms with Crippen LogP contribution in [0.3, 0.4) is 0 Å². The van der Waals surface area contributed by atoms with E-state index in [-0.39, 0.29) is 21.3 Å². The summed E-state index contributed by atoms with van der Waals surface area (Å²) in [4.78, 5) is 24.9. The van der Waals surface area contributed by atoms with Crippen LogP contribution in [0.25, 0.3) is 16.7 Å². The average Bonchev–Trinajstić information content (AvgIpc) is 3.70. The zero-order valence-corrected chi connectivity index (χ0v) is 22.3. The Balaban J connectivity index is 1.67. The van der Waals surface area contributed by atoms with Crippen LogP contribution in [0, 0.1) is 0 Å². The number of hydrogen-bond acceptors (Lipinski definition) is 4. The minimum atomic E-state index is -1.07. The molecule has 35 heavy (non-hydrogen) atoms. The molecule has 0 saturated heterocycles. The van der Waals surface area contributed by atoms with E-state index in [9.17, 15) is 9.59 Å². The first kappa shape index (κ1) is 24.5. The van der Waals surface area contributed by atoms with Crippen LogP contribution in [0.5, 0.6) is 0 Å². The molecular formula is C29H30Cl2O4. The van der Waals surface area contributed by atoms with Gasteiger partial charge in [-0.2, -0.15) is 0 Å². The number of ether oxygens (including phenoxy) is 2. The molecule has 0 spiro atoms. The van der Waals surface area contributed by atoms with Crippen molar-refractivity contribution in [3.8, 4) is 11.1 Å². The fraction of sp³-hybridized carbons (Fsp3) is 0.448. The molecule has 0 bridgehead atoms. The predicted octanol–water partition coefficient (Wildman–Crippen LogP) is 7.24. The van der Waals surface area contributed by atoms with Crippen LogP contribution >= 0.6 is 23.2 Å². The highest BCUT2D eigenvalue weighted by Gasteiger charge is 2.49. The Kier molecular flexibility index (Phi) is 5.56. The highest BCUT2D eigenvalue weighted by molar-refractivity contribution is 6.27. The molecule has 1 heterocycles. The fourth-order valence-electron chi connectivity index (χ4n) is 5.08. The van der Waals surface area contributed by atoms with Gasteiger partial charge in [0.1, 0.15) is 11.2 Å². The summed E-state index contributed by atoms with van der Waals surface area (Å²) in [6.45, 7) is 8.43. The third-order valence-corrected chi connectivity index (χ3v) is 8.34. The molecule has 184 valence electrons. The van der Waals surface area contributed by atoms with Gasteiger partial charge in [-0.25, -0.2) is 0 Å². The van der Waals surface area contributed by atoms with Gasteiger partial charge in [-0.3, -0.25) is 9.59 Å². The summed E-state index contributed by atoms with van der Waals surface area (Å²) in [5, 5.41) is 0. The van der Waals surface area contributed by atoms with E-state index in [4.69, 9.17) is 32.7 Å². The maximum atomic E-state index is 13.6. The van der Waals surface area contributed by atoms with Crippen LogP contribution in [-0.2, 0) is 28.8 Å². The van der Waals surface area contributed by atoms with Crippen LogP contribution < -0.4 is 0 Å². The maximum absolute atomic E-state index is 13.6. The van der Waals surface area contributed by atoms with Gasteiger partial charge < -0.3 is 9.47 Å². The Bertz CT molecular complexity index is 1280. The zero-order chi connectivity index (χ0) is 25.4. The van der Waals surface area contributed by atoms with Crippen molar-refractivity contribution in [2.45, 2.75) is 81.3 Å². The smallest absolute Gasteiger partial charge is 0.307 e. The Morgan fingerprint density at radius 3 is 2.11 bits per heavy atom. The Labute approximate surface area is 216 Å². The van der Waals surface area contributed by atoms with Crippen molar-refractivity contribution >= 4 is 40.5 Å². The van der Waals surface area contributed by atoms with Gasteiger partial charge >= 0.3 is 5.97 Å². The van der Waals surface area contributed by atoms with E-state index >= 15 is 0 Å². The molecule has 0 amide bonds. The topological polar surface area (TPSA) is 52.6 Å². The number of rotatable bonds is 5. The summed E-state index contributed by atoms with van der Waals surface area (Å²) in [7, 11) is 0. The zero-order valence-electron chi connectivity index (χ0n) is 20.8. The van der Waals surface area contributed by atoms with Crippen molar-refractivity contribution in [2.24, 2.45) is 0 Å². The van der Waals surface area contributed by atoms with Gasteiger partial charge in [0.05, 0.1) is 15.3 Å².